The fourth-order valence-electron chi connectivity index (χ4n) is 3.28. The number of carbonyl (C=O) groups is 1. The molecule has 1 amide bonds. The van der Waals surface area contributed by atoms with Crippen molar-refractivity contribution in [1.29, 1.82) is 0 Å². The maximum atomic E-state index is 12.7. The molecule has 0 saturated carbocycles. The highest BCUT2D eigenvalue weighted by molar-refractivity contribution is 8.00. The normalized spacial score (nSPS) is 11.1. The standard InChI is InChI=1S/C24H25N5OS3/c1-4-28(14-17(2)3)22(30)16-31-23-27-26-21(29(23)18-10-6-5-7-11-18)15-32-24-25-19-12-8-9-13-20(19)33-24/h5-13H,2,4,14-16H2,1,3H3. The van der Waals surface area contributed by atoms with E-state index in [4.69, 9.17) is 4.98 Å². The molecular weight excluding hydrogens is 470 g/mol. The van der Waals surface area contributed by atoms with Crippen molar-refractivity contribution in [3.05, 3.63) is 72.6 Å². The van der Waals surface area contributed by atoms with Crippen molar-refractivity contribution in [2.75, 3.05) is 18.8 Å². The average molecular weight is 496 g/mol. The summed E-state index contributed by atoms with van der Waals surface area (Å²) in [5.74, 6) is 1.83. The summed E-state index contributed by atoms with van der Waals surface area (Å²) in [5.41, 5.74) is 2.96. The first-order valence-corrected chi connectivity index (χ1v) is 13.4. The summed E-state index contributed by atoms with van der Waals surface area (Å²) >= 11 is 4.75. The van der Waals surface area contributed by atoms with Crippen molar-refractivity contribution < 1.29 is 4.79 Å². The van der Waals surface area contributed by atoms with Gasteiger partial charge in [0, 0.05) is 18.8 Å². The monoisotopic (exact) mass is 495 g/mol. The first-order chi connectivity index (χ1) is 16.0. The lowest BCUT2D eigenvalue weighted by molar-refractivity contribution is -0.127. The summed E-state index contributed by atoms with van der Waals surface area (Å²) in [6.07, 6.45) is 0. The van der Waals surface area contributed by atoms with Crippen LogP contribution in [0.4, 0.5) is 0 Å². The number of benzene rings is 2. The number of carbonyl (C=O) groups excluding carboxylic acids is 1. The Bertz CT molecular complexity index is 1220. The van der Waals surface area contributed by atoms with E-state index in [0.717, 1.165) is 26.9 Å². The zero-order valence-electron chi connectivity index (χ0n) is 18.6. The minimum Gasteiger partial charge on any atom is -0.338 e. The smallest absolute Gasteiger partial charge is 0.233 e. The van der Waals surface area contributed by atoms with E-state index in [-0.39, 0.29) is 5.91 Å². The number of hydrogen-bond donors (Lipinski definition) is 0. The molecule has 0 fully saturated rings. The van der Waals surface area contributed by atoms with Gasteiger partial charge in [-0.15, -0.1) is 21.5 Å². The Morgan fingerprint density at radius 2 is 1.85 bits per heavy atom. The first-order valence-electron chi connectivity index (χ1n) is 10.6. The number of aromatic nitrogens is 4. The Balaban J connectivity index is 1.53. The summed E-state index contributed by atoms with van der Waals surface area (Å²) in [5, 5.41) is 9.59. The number of fused-ring (bicyclic) bond motifs is 1. The third-order valence-corrected chi connectivity index (χ3v) is 7.92. The molecule has 9 heteroatoms. The summed E-state index contributed by atoms with van der Waals surface area (Å²) in [4.78, 5) is 19.2. The molecule has 0 saturated heterocycles. The number of hydrogen-bond acceptors (Lipinski definition) is 7. The van der Waals surface area contributed by atoms with Crippen molar-refractivity contribution >= 4 is 51.0 Å². The molecule has 2 heterocycles. The Kier molecular flexibility index (Phi) is 7.85. The lowest BCUT2D eigenvalue weighted by Gasteiger charge is -2.20. The van der Waals surface area contributed by atoms with Crippen LogP contribution in [0.5, 0.6) is 0 Å². The van der Waals surface area contributed by atoms with E-state index >= 15 is 0 Å². The van der Waals surface area contributed by atoms with Crippen LogP contribution >= 0.6 is 34.9 Å². The molecule has 0 aliphatic heterocycles. The van der Waals surface area contributed by atoms with Crippen molar-refractivity contribution in [2.24, 2.45) is 0 Å². The van der Waals surface area contributed by atoms with Crippen LogP contribution in [0.2, 0.25) is 0 Å². The van der Waals surface area contributed by atoms with E-state index in [0.29, 0.717) is 29.8 Å². The van der Waals surface area contributed by atoms with Gasteiger partial charge in [0.25, 0.3) is 0 Å². The summed E-state index contributed by atoms with van der Waals surface area (Å²) in [7, 11) is 0. The molecule has 0 spiro atoms. The predicted molar refractivity (Wildman–Crippen MR) is 138 cm³/mol. The van der Waals surface area contributed by atoms with Gasteiger partial charge in [-0.25, -0.2) is 4.98 Å². The van der Waals surface area contributed by atoms with Gasteiger partial charge in [-0.3, -0.25) is 9.36 Å². The van der Waals surface area contributed by atoms with Crippen LogP contribution in [0.15, 0.2) is 76.2 Å². The third kappa shape index (κ3) is 5.85. The van der Waals surface area contributed by atoms with Gasteiger partial charge in [0.1, 0.15) is 5.82 Å². The van der Waals surface area contributed by atoms with Gasteiger partial charge in [-0.2, -0.15) is 0 Å². The second-order valence-corrected chi connectivity index (χ2v) is 10.7. The van der Waals surface area contributed by atoms with Gasteiger partial charge in [0.15, 0.2) is 9.50 Å². The first kappa shape index (κ1) is 23.5. The molecule has 6 nitrogen and oxygen atoms in total. The molecular formula is C24H25N5OS3. The van der Waals surface area contributed by atoms with Crippen molar-refractivity contribution in [3.8, 4) is 5.69 Å². The fraction of sp³-hybridized carbons (Fsp3) is 0.250. The number of rotatable bonds is 10. The van der Waals surface area contributed by atoms with Crippen LogP contribution in [-0.4, -0.2) is 49.4 Å². The third-order valence-electron chi connectivity index (χ3n) is 4.83. The summed E-state index contributed by atoms with van der Waals surface area (Å²) < 4.78 is 4.21. The van der Waals surface area contributed by atoms with Gasteiger partial charge < -0.3 is 4.90 Å². The fourth-order valence-corrected chi connectivity index (χ4v) is 6.14. The zero-order valence-corrected chi connectivity index (χ0v) is 21.1. The van der Waals surface area contributed by atoms with Crippen molar-refractivity contribution in [2.45, 2.75) is 29.1 Å². The molecule has 2 aromatic heterocycles. The van der Waals surface area contributed by atoms with Crippen LogP contribution in [-0.2, 0) is 10.5 Å². The SMILES string of the molecule is C=C(C)CN(CC)C(=O)CSc1nnc(CSc2nc3ccccc3s2)n1-c1ccccc1. The molecule has 0 aliphatic carbocycles. The highest BCUT2D eigenvalue weighted by atomic mass is 32.2. The number of thioether (sulfide) groups is 2. The zero-order chi connectivity index (χ0) is 23.2. The maximum Gasteiger partial charge on any atom is 0.233 e. The number of likely N-dealkylation sites (N-methyl/N-ethyl adjacent to an activating group) is 1. The summed E-state index contributed by atoms with van der Waals surface area (Å²) in [6, 6.07) is 18.2. The van der Waals surface area contributed by atoms with E-state index < -0.39 is 0 Å². The van der Waals surface area contributed by atoms with Gasteiger partial charge >= 0.3 is 0 Å². The van der Waals surface area contributed by atoms with E-state index in [1.54, 1.807) is 23.1 Å². The Morgan fingerprint density at radius 3 is 2.58 bits per heavy atom. The Hall–Kier alpha value is -2.62. The molecule has 170 valence electrons. The molecule has 0 bridgehead atoms. The van der Waals surface area contributed by atoms with Crippen molar-refractivity contribution in [3.63, 3.8) is 0 Å². The number of nitrogens with zero attached hydrogens (tertiary/aromatic N) is 5. The molecule has 0 radical (unpaired) electrons. The minimum absolute atomic E-state index is 0.0681. The molecule has 0 aliphatic rings. The van der Waals surface area contributed by atoms with E-state index in [9.17, 15) is 4.79 Å². The van der Waals surface area contributed by atoms with Crippen molar-refractivity contribution in [1.82, 2.24) is 24.6 Å². The second-order valence-electron chi connectivity index (χ2n) is 7.46. The topological polar surface area (TPSA) is 63.9 Å². The highest BCUT2D eigenvalue weighted by Gasteiger charge is 2.19. The van der Waals surface area contributed by atoms with Crippen LogP contribution in [0, 0.1) is 0 Å². The lowest BCUT2D eigenvalue weighted by atomic mass is 10.3. The van der Waals surface area contributed by atoms with E-state index in [2.05, 4.69) is 22.8 Å². The largest absolute Gasteiger partial charge is 0.338 e. The Morgan fingerprint density at radius 1 is 1.09 bits per heavy atom. The quantitative estimate of drug-likeness (QED) is 0.208. The number of amides is 1. The van der Waals surface area contributed by atoms with Crippen LogP contribution in [0.1, 0.15) is 19.7 Å². The second kappa shape index (κ2) is 11.0. The lowest BCUT2D eigenvalue weighted by Crippen LogP contribution is -2.33. The van der Waals surface area contributed by atoms with E-state index in [1.807, 2.05) is 71.8 Å². The Labute approximate surface area is 206 Å². The van der Waals surface area contributed by atoms with E-state index in [1.165, 1.54) is 16.5 Å². The molecule has 2 aromatic carbocycles. The predicted octanol–water partition coefficient (Wildman–Crippen LogP) is 5.69. The molecule has 4 rings (SSSR count). The van der Waals surface area contributed by atoms with Gasteiger partial charge in [0.05, 0.1) is 21.7 Å². The molecule has 0 N–H and O–H groups in total. The highest BCUT2D eigenvalue weighted by Crippen LogP contribution is 2.32. The molecule has 0 atom stereocenters. The molecule has 4 aromatic rings. The van der Waals surface area contributed by atoms with Gasteiger partial charge in [-0.05, 0) is 38.1 Å². The van der Waals surface area contributed by atoms with Crippen LogP contribution in [0.3, 0.4) is 0 Å². The molecule has 33 heavy (non-hydrogen) atoms. The number of para-hydroxylation sites is 2. The average Bonchev–Trinajstić information content (AvgIpc) is 3.43. The maximum absolute atomic E-state index is 12.7. The van der Waals surface area contributed by atoms with Crippen LogP contribution < -0.4 is 0 Å². The van der Waals surface area contributed by atoms with Gasteiger partial charge in [-0.1, -0.05) is 66.0 Å². The molecule has 0 unspecified atom stereocenters. The van der Waals surface area contributed by atoms with Gasteiger partial charge in [0.2, 0.25) is 5.91 Å². The number of thiazole rings is 1. The van der Waals surface area contributed by atoms with Crippen LogP contribution in [0.25, 0.3) is 15.9 Å². The summed E-state index contributed by atoms with van der Waals surface area (Å²) in [6.45, 7) is 9.07. The minimum atomic E-state index is 0.0681.